The van der Waals surface area contributed by atoms with Gasteiger partial charge in [-0.3, -0.25) is 4.79 Å². The summed E-state index contributed by atoms with van der Waals surface area (Å²) in [5.74, 6) is 1.77. The van der Waals surface area contributed by atoms with E-state index in [1.54, 1.807) is 13.1 Å². The van der Waals surface area contributed by atoms with Gasteiger partial charge in [0.2, 0.25) is 10.0 Å². The highest BCUT2D eigenvalue weighted by Crippen LogP contribution is 2.33. The molecule has 0 radical (unpaired) electrons. The summed E-state index contributed by atoms with van der Waals surface area (Å²) < 4.78 is 38.1. The largest absolute Gasteiger partial charge is 0.482 e. The van der Waals surface area contributed by atoms with Gasteiger partial charge < -0.3 is 14.1 Å². The molecule has 1 aliphatic heterocycles. The number of benzene rings is 1. The number of anilines is 1. The third kappa shape index (κ3) is 3.29. The summed E-state index contributed by atoms with van der Waals surface area (Å²) in [7, 11) is -2.09. The SMILES string of the molecule is Cc1ccc(CCNS(=O)(=O)c2ccc3c(c2)N(C)C(=O)CO3)o1. The van der Waals surface area contributed by atoms with Crippen molar-refractivity contribution >= 4 is 21.6 Å². The van der Waals surface area contributed by atoms with Gasteiger partial charge in [0.05, 0.1) is 10.6 Å². The summed E-state index contributed by atoms with van der Waals surface area (Å²) >= 11 is 0. The minimum absolute atomic E-state index is 0.0452. The van der Waals surface area contributed by atoms with E-state index in [0.717, 1.165) is 11.5 Å². The Morgan fingerprint density at radius 3 is 2.75 bits per heavy atom. The molecule has 0 unspecified atom stereocenters. The van der Waals surface area contributed by atoms with Gasteiger partial charge in [-0.25, -0.2) is 13.1 Å². The van der Waals surface area contributed by atoms with Gasteiger partial charge in [-0.1, -0.05) is 0 Å². The monoisotopic (exact) mass is 350 g/mol. The zero-order valence-corrected chi connectivity index (χ0v) is 14.2. The van der Waals surface area contributed by atoms with E-state index in [0.29, 0.717) is 17.9 Å². The van der Waals surface area contributed by atoms with Crippen LogP contribution >= 0.6 is 0 Å². The fourth-order valence-corrected chi connectivity index (χ4v) is 3.48. The van der Waals surface area contributed by atoms with Crippen LogP contribution in [0.2, 0.25) is 0 Å². The lowest BCUT2D eigenvalue weighted by molar-refractivity contribution is -0.120. The first kappa shape index (κ1) is 16.5. The molecular formula is C16H18N2O5S. The van der Waals surface area contributed by atoms with Crippen molar-refractivity contribution in [3.05, 3.63) is 41.9 Å². The third-order valence-corrected chi connectivity index (χ3v) is 5.25. The number of amides is 1. The number of aryl methyl sites for hydroxylation is 1. The second-order valence-corrected chi connectivity index (χ2v) is 7.30. The Bertz CT molecular complexity index is 872. The van der Waals surface area contributed by atoms with Crippen LogP contribution in [0.25, 0.3) is 0 Å². The van der Waals surface area contributed by atoms with E-state index in [4.69, 9.17) is 9.15 Å². The van der Waals surface area contributed by atoms with Gasteiger partial charge in [0.15, 0.2) is 6.61 Å². The number of hydrogen-bond donors (Lipinski definition) is 1. The minimum atomic E-state index is -3.68. The molecule has 1 aliphatic rings. The fourth-order valence-electron chi connectivity index (χ4n) is 2.43. The Balaban J connectivity index is 1.74. The average molecular weight is 350 g/mol. The van der Waals surface area contributed by atoms with Crippen LogP contribution in [0.1, 0.15) is 11.5 Å². The third-order valence-electron chi connectivity index (χ3n) is 3.79. The van der Waals surface area contributed by atoms with Crippen molar-refractivity contribution < 1.29 is 22.4 Å². The molecule has 0 saturated carbocycles. The number of carbonyl (C=O) groups is 1. The molecule has 1 aromatic carbocycles. The average Bonchev–Trinajstić information content (AvgIpc) is 2.96. The van der Waals surface area contributed by atoms with Gasteiger partial charge >= 0.3 is 0 Å². The first-order valence-electron chi connectivity index (χ1n) is 7.45. The maximum atomic E-state index is 12.4. The standard InChI is InChI=1S/C16H18N2O5S/c1-11-3-4-12(23-11)7-8-17-24(20,21)13-5-6-15-14(9-13)18(2)16(19)10-22-15/h3-6,9,17H,7-8,10H2,1-2H3. The van der Waals surface area contributed by atoms with Crippen LogP contribution < -0.4 is 14.4 Å². The van der Waals surface area contributed by atoms with E-state index in [9.17, 15) is 13.2 Å². The maximum absolute atomic E-state index is 12.4. The van der Waals surface area contributed by atoms with Crippen LogP contribution in [0, 0.1) is 6.92 Å². The Morgan fingerprint density at radius 2 is 2.04 bits per heavy atom. The van der Waals surface area contributed by atoms with E-state index in [1.807, 2.05) is 19.1 Å². The molecule has 2 heterocycles. The number of hydrogen-bond acceptors (Lipinski definition) is 5. The molecule has 7 nitrogen and oxygen atoms in total. The van der Waals surface area contributed by atoms with Crippen LogP contribution in [0.4, 0.5) is 5.69 Å². The molecule has 0 aliphatic carbocycles. The second-order valence-electron chi connectivity index (χ2n) is 5.53. The van der Waals surface area contributed by atoms with Crippen LogP contribution in [0.3, 0.4) is 0 Å². The number of rotatable bonds is 5. The van der Waals surface area contributed by atoms with Gasteiger partial charge in [-0.2, -0.15) is 0 Å². The van der Waals surface area contributed by atoms with Crippen LogP contribution in [-0.4, -0.2) is 34.5 Å². The first-order chi connectivity index (χ1) is 11.4. The van der Waals surface area contributed by atoms with E-state index in [-0.39, 0.29) is 24.0 Å². The van der Waals surface area contributed by atoms with Crippen molar-refractivity contribution in [1.29, 1.82) is 0 Å². The molecule has 1 aromatic heterocycles. The molecule has 3 rings (SSSR count). The first-order valence-corrected chi connectivity index (χ1v) is 8.93. The number of nitrogens with zero attached hydrogens (tertiary/aromatic N) is 1. The highest BCUT2D eigenvalue weighted by Gasteiger charge is 2.25. The van der Waals surface area contributed by atoms with Crippen molar-refractivity contribution in [2.45, 2.75) is 18.2 Å². The van der Waals surface area contributed by atoms with Crippen LogP contribution in [0.5, 0.6) is 5.75 Å². The lowest BCUT2D eigenvalue weighted by Gasteiger charge is -2.26. The van der Waals surface area contributed by atoms with E-state index in [1.165, 1.54) is 17.0 Å². The molecule has 1 N–H and O–H groups in total. The molecular weight excluding hydrogens is 332 g/mol. The molecule has 128 valence electrons. The smallest absolute Gasteiger partial charge is 0.264 e. The minimum Gasteiger partial charge on any atom is -0.482 e. The Labute approximate surface area is 140 Å². The van der Waals surface area contributed by atoms with Gasteiger partial charge in [-0.15, -0.1) is 0 Å². The second kappa shape index (κ2) is 6.29. The topological polar surface area (TPSA) is 88.9 Å². The zero-order valence-electron chi connectivity index (χ0n) is 13.4. The van der Waals surface area contributed by atoms with Gasteiger partial charge in [-0.05, 0) is 37.3 Å². The van der Waals surface area contributed by atoms with Gasteiger partial charge in [0, 0.05) is 20.0 Å². The summed E-state index contributed by atoms with van der Waals surface area (Å²) in [4.78, 5) is 13.2. The lowest BCUT2D eigenvalue weighted by atomic mass is 10.2. The molecule has 0 saturated heterocycles. The molecule has 0 fully saturated rings. The zero-order chi connectivity index (χ0) is 17.3. The lowest BCUT2D eigenvalue weighted by Crippen LogP contribution is -2.35. The molecule has 1 amide bonds. The van der Waals surface area contributed by atoms with Crippen molar-refractivity contribution in [1.82, 2.24) is 4.72 Å². The number of likely N-dealkylation sites (N-methyl/N-ethyl adjacent to an activating group) is 1. The van der Waals surface area contributed by atoms with E-state index in [2.05, 4.69) is 4.72 Å². The fraction of sp³-hybridized carbons (Fsp3) is 0.312. The summed E-state index contributed by atoms with van der Waals surface area (Å²) in [6, 6.07) is 8.11. The predicted molar refractivity (Wildman–Crippen MR) is 87.7 cm³/mol. The highest BCUT2D eigenvalue weighted by molar-refractivity contribution is 7.89. The Morgan fingerprint density at radius 1 is 1.25 bits per heavy atom. The molecule has 0 bridgehead atoms. The normalized spacial score (nSPS) is 14.4. The Hall–Kier alpha value is -2.32. The maximum Gasteiger partial charge on any atom is 0.264 e. The summed E-state index contributed by atoms with van der Waals surface area (Å²) in [5.41, 5.74) is 0.441. The van der Waals surface area contributed by atoms with Crippen molar-refractivity contribution in [3.63, 3.8) is 0 Å². The van der Waals surface area contributed by atoms with Gasteiger partial charge in [0.1, 0.15) is 17.3 Å². The summed E-state index contributed by atoms with van der Waals surface area (Å²) in [5, 5.41) is 0. The summed E-state index contributed by atoms with van der Waals surface area (Å²) in [6.07, 6.45) is 0.458. The van der Waals surface area contributed by atoms with E-state index >= 15 is 0 Å². The van der Waals surface area contributed by atoms with Crippen molar-refractivity contribution in [3.8, 4) is 5.75 Å². The summed E-state index contributed by atoms with van der Waals surface area (Å²) in [6.45, 7) is 2.01. The number of sulfonamides is 1. The highest BCUT2D eigenvalue weighted by atomic mass is 32.2. The molecule has 24 heavy (non-hydrogen) atoms. The number of ether oxygens (including phenoxy) is 1. The number of furan rings is 1. The predicted octanol–water partition coefficient (Wildman–Crippen LogP) is 1.46. The number of carbonyl (C=O) groups excluding carboxylic acids is 1. The quantitative estimate of drug-likeness (QED) is 0.882. The molecule has 8 heteroatoms. The van der Waals surface area contributed by atoms with Gasteiger partial charge in [0.25, 0.3) is 5.91 Å². The van der Waals surface area contributed by atoms with E-state index < -0.39 is 10.0 Å². The Kier molecular flexibility index (Phi) is 4.33. The van der Waals surface area contributed by atoms with Crippen molar-refractivity contribution in [2.24, 2.45) is 0 Å². The molecule has 2 aromatic rings. The van der Waals surface area contributed by atoms with Crippen molar-refractivity contribution in [2.75, 3.05) is 25.1 Å². The number of fused-ring (bicyclic) bond motifs is 1. The number of nitrogens with one attached hydrogen (secondary N) is 1. The molecule has 0 spiro atoms. The molecule has 0 atom stereocenters. The van der Waals surface area contributed by atoms with Crippen LogP contribution in [-0.2, 0) is 21.2 Å². The van der Waals surface area contributed by atoms with Crippen LogP contribution in [0.15, 0.2) is 39.6 Å².